The lowest BCUT2D eigenvalue weighted by atomic mass is 11.7. The average Bonchev–Trinajstić information content (AvgIpc) is 1.30. The summed E-state index contributed by atoms with van der Waals surface area (Å²) in [6, 6.07) is 0. The molecule has 0 heterocycles. The first-order valence-corrected chi connectivity index (χ1v) is 2.93. The fourth-order valence-corrected chi connectivity index (χ4v) is 0.335. The second-order valence-corrected chi connectivity index (χ2v) is 1.97. The van der Waals surface area contributed by atoms with Crippen LogP contribution in [0.25, 0.3) is 0 Å². The SMILES string of the molecule is CONP(=O)([O-])[O-]. The van der Waals surface area contributed by atoms with Crippen LogP contribution in [0.3, 0.4) is 0 Å². The van der Waals surface area contributed by atoms with Crippen molar-refractivity contribution >= 4 is 7.75 Å². The van der Waals surface area contributed by atoms with Crippen LogP contribution in [0.4, 0.5) is 0 Å². The summed E-state index contributed by atoms with van der Waals surface area (Å²) in [7, 11) is -3.59. The van der Waals surface area contributed by atoms with Gasteiger partial charge in [-0.3, -0.25) is 0 Å². The van der Waals surface area contributed by atoms with E-state index in [4.69, 9.17) is 0 Å². The Morgan fingerprint density at radius 2 is 2.14 bits per heavy atom. The number of rotatable bonds is 2. The summed E-state index contributed by atoms with van der Waals surface area (Å²) in [5.74, 6) is 0. The second-order valence-electron chi connectivity index (χ2n) is 0.793. The highest BCUT2D eigenvalue weighted by atomic mass is 31.2. The van der Waals surface area contributed by atoms with Gasteiger partial charge >= 0.3 is 0 Å². The van der Waals surface area contributed by atoms with Crippen LogP contribution < -0.4 is 15.0 Å². The first-order chi connectivity index (χ1) is 3.06. The van der Waals surface area contributed by atoms with E-state index in [1.54, 1.807) is 0 Å². The summed E-state index contributed by atoms with van der Waals surface area (Å²) in [6.07, 6.45) is 0. The number of hydrogen-bond acceptors (Lipinski definition) is 4. The molecule has 0 fully saturated rings. The van der Waals surface area contributed by atoms with Gasteiger partial charge in [-0.25, -0.2) is 0 Å². The molecule has 1 N–H and O–H groups in total. The van der Waals surface area contributed by atoms with E-state index in [2.05, 4.69) is 4.84 Å². The highest BCUT2D eigenvalue weighted by Gasteiger charge is 1.80. The molecule has 0 radical (unpaired) electrons. The van der Waals surface area contributed by atoms with Crippen LogP contribution in [-0.2, 0) is 9.40 Å². The fraction of sp³-hybridized carbons (Fsp3) is 1.00. The molecule has 0 aliphatic heterocycles. The molecule has 0 aromatic carbocycles. The van der Waals surface area contributed by atoms with Gasteiger partial charge in [-0.15, -0.1) is 0 Å². The topological polar surface area (TPSA) is 84.5 Å². The van der Waals surface area contributed by atoms with E-state index >= 15 is 0 Å². The summed E-state index contributed by atoms with van der Waals surface area (Å²) in [4.78, 5) is 22.7. The molecule has 0 spiro atoms. The first-order valence-electron chi connectivity index (χ1n) is 1.38. The second kappa shape index (κ2) is 2.40. The largest absolute Gasteiger partial charge is 0.798 e. The van der Waals surface area contributed by atoms with E-state index in [-0.39, 0.29) is 0 Å². The molecule has 5 nitrogen and oxygen atoms in total. The average molecular weight is 125 g/mol. The van der Waals surface area contributed by atoms with Gasteiger partial charge in [0.25, 0.3) is 0 Å². The van der Waals surface area contributed by atoms with Crippen LogP contribution >= 0.6 is 7.75 Å². The molecule has 0 aliphatic rings. The van der Waals surface area contributed by atoms with Gasteiger partial charge in [0.15, 0.2) is 0 Å². The Morgan fingerprint density at radius 1 is 1.71 bits per heavy atom. The molecule has 0 unspecified atom stereocenters. The highest BCUT2D eigenvalue weighted by molar-refractivity contribution is 7.46. The van der Waals surface area contributed by atoms with E-state index in [0.29, 0.717) is 0 Å². The summed E-state index contributed by atoms with van der Waals surface area (Å²) in [5, 5.41) is 1.23. The molecule has 0 aromatic heterocycles. The standard InChI is InChI=1S/CH6NO4P/c1-6-2-7(3,4)5/h1H3,(H3,2,3,4,5)/p-2. The van der Waals surface area contributed by atoms with E-state index < -0.39 is 7.75 Å². The predicted molar refractivity (Wildman–Crippen MR) is 17.8 cm³/mol. The Morgan fingerprint density at radius 3 is 2.14 bits per heavy atom. The van der Waals surface area contributed by atoms with Crippen molar-refractivity contribution < 1.29 is 19.2 Å². The van der Waals surface area contributed by atoms with Crippen molar-refractivity contribution in [3.8, 4) is 0 Å². The van der Waals surface area contributed by atoms with Crippen molar-refractivity contribution in [1.82, 2.24) is 5.25 Å². The normalized spacial score (nSPS) is 11.9. The third-order valence-electron chi connectivity index (χ3n) is 0.203. The summed E-state index contributed by atoms with van der Waals surface area (Å²) in [5.41, 5.74) is 0. The van der Waals surface area contributed by atoms with Crippen LogP contribution in [0.2, 0.25) is 0 Å². The highest BCUT2D eigenvalue weighted by Crippen LogP contribution is 2.13. The zero-order valence-corrected chi connectivity index (χ0v) is 4.47. The molecule has 44 valence electrons. The van der Waals surface area contributed by atoms with Gasteiger partial charge < -0.3 is 19.2 Å². The third-order valence-corrected chi connectivity index (χ3v) is 0.609. The van der Waals surface area contributed by atoms with Crippen molar-refractivity contribution in [3.05, 3.63) is 0 Å². The van der Waals surface area contributed by atoms with Crippen LogP contribution in [0, 0.1) is 0 Å². The fourth-order valence-electron chi connectivity index (χ4n) is 0.112. The number of hydrogen-bond donors (Lipinski definition) is 1. The van der Waals surface area contributed by atoms with Crippen molar-refractivity contribution in [3.63, 3.8) is 0 Å². The smallest absolute Gasteiger partial charge is 0.0576 e. The molecular weight excluding hydrogens is 121 g/mol. The third kappa shape index (κ3) is 6.07. The summed E-state index contributed by atoms with van der Waals surface area (Å²) < 4.78 is 9.47. The molecule has 0 aromatic rings. The lowest BCUT2D eigenvalue weighted by molar-refractivity contribution is -0.325. The molecular formula is CH4NO4P-2. The zero-order valence-electron chi connectivity index (χ0n) is 3.58. The quantitative estimate of drug-likeness (QED) is 0.339. The maximum absolute atomic E-state index is 9.47. The zero-order chi connectivity index (χ0) is 5.91. The molecule has 0 amide bonds. The molecule has 0 atom stereocenters. The van der Waals surface area contributed by atoms with Gasteiger partial charge in [0.1, 0.15) is 0 Å². The van der Waals surface area contributed by atoms with E-state index in [1.807, 2.05) is 0 Å². The van der Waals surface area contributed by atoms with Crippen molar-refractivity contribution in [2.45, 2.75) is 0 Å². The Bertz CT molecular complexity index is 85.7. The van der Waals surface area contributed by atoms with Gasteiger partial charge in [-0.1, -0.05) is 0 Å². The van der Waals surface area contributed by atoms with Crippen molar-refractivity contribution in [1.29, 1.82) is 0 Å². The molecule has 0 bridgehead atoms. The molecule has 6 heteroatoms. The van der Waals surface area contributed by atoms with Crippen molar-refractivity contribution in [2.24, 2.45) is 0 Å². The van der Waals surface area contributed by atoms with Gasteiger partial charge in [0.05, 0.1) is 7.11 Å². The lowest BCUT2D eigenvalue weighted by Crippen LogP contribution is -2.26. The lowest BCUT2D eigenvalue weighted by Gasteiger charge is -2.27. The van der Waals surface area contributed by atoms with Gasteiger partial charge in [0, 0.05) is 7.75 Å². The molecule has 0 saturated carbocycles. The predicted octanol–water partition coefficient (Wildman–Crippen LogP) is -2.03. The molecule has 0 saturated heterocycles. The van der Waals surface area contributed by atoms with Gasteiger partial charge in [0.2, 0.25) is 0 Å². The van der Waals surface area contributed by atoms with Crippen LogP contribution in [0.5, 0.6) is 0 Å². The monoisotopic (exact) mass is 125 g/mol. The Hall–Kier alpha value is 0.0700. The first kappa shape index (κ1) is 7.07. The number of nitrogens with one attached hydrogen (secondary N) is 1. The van der Waals surface area contributed by atoms with Crippen LogP contribution in [0.1, 0.15) is 0 Å². The Kier molecular flexibility index (Phi) is 2.42. The maximum atomic E-state index is 9.47. The minimum atomic E-state index is -4.64. The maximum Gasteiger partial charge on any atom is 0.0576 e. The van der Waals surface area contributed by atoms with Gasteiger partial charge in [-0.05, 0) is 0 Å². The summed E-state index contributed by atoms with van der Waals surface area (Å²) in [6.45, 7) is 0. The Labute approximate surface area is 40.5 Å². The minimum absolute atomic E-state index is 1.04. The van der Waals surface area contributed by atoms with Crippen LogP contribution in [0.15, 0.2) is 0 Å². The Balaban J connectivity index is 3.36. The van der Waals surface area contributed by atoms with Crippen molar-refractivity contribution in [2.75, 3.05) is 7.11 Å². The minimum Gasteiger partial charge on any atom is -0.798 e. The molecule has 0 aliphatic carbocycles. The van der Waals surface area contributed by atoms with E-state index in [1.165, 1.54) is 5.25 Å². The van der Waals surface area contributed by atoms with Gasteiger partial charge in [-0.2, -0.15) is 5.25 Å². The summed E-state index contributed by atoms with van der Waals surface area (Å²) >= 11 is 0. The molecule has 7 heavy (non-hydrogen) atoms. The van der Waals surface area contributed by atoms with E-state index in [0.717, 1.165) is 7.11 Å². The molecule has 0 rings (SSSR count). The van der Waals surface area contributed by atoms with E-state index in [9.17, 15) is 14.4 Å². The van der Waals surface area contributed by atoms with Crippen LogP contribution in [-0.4, -0.2) is 7.11 Å².